The van der Waals surface area contributed by atoms with Crippen LogP contribution in [0, 0.1) is 22.9 Å². The van der Waals surface area contributed by atoms with Gasteiger partial charge in [0.25, 0.3) is 5.91 Å². The summed E-state index contributed by atoms with van der Waals surface area (Å²) in [5.41, 5.74) is -0.349. The highest BCUT2D eigenvalue weighted by molar-refractivity contribution is 9.09. The molecule has 20 heavy (non-hydrogen) atoms. The second-order valence-electron chi connectivity index (χ2n) is 5.39. The third-order valence-corrected chi connectivity index (χ3v) is 3.52. The van der Waals surface area contributed by atoms with Crippen LogP contribution in [-0.2, 0) is 0 Å². The molecule has 0 fully saturated rings. The van der Waals surface area contributed by atoms with E-state index in [2.05, 4.69) is 21.2 Å². The first-order chi connectivity index (χ1) is 9.26. The van der Waals surface area contributed by atoms with Crippen LogP contribution in [0.3, 0.4) is 0 Å². The third kappa shape index (κ3) is 4.81. The number of halogens is 4. The van der Waals surface area contributed by atoms with Crippen LogP contribution in [0.25, 0.3) is 0 Å². The van der Waals surface area contributed by atoms with Gasteiger partial charge in [0.05, 0.1) is 0 Å². The van der Waals surface area contributed by atoms with E-state index in [-0.39, 0.29) is 11.0 Å². The summed E-state index contributed by atoms with van der Waals surface area (Å²) in [5.74, 6) is -4.92. The van der Waals surface area contributed by atoms with E-state index < -0.39 is 23.4 Å². The number of benzene rings is 1. The van der Waals surface area contributed by atoms with Crippen molar-refractivity contribution in [2.75, 3.05) is 11.9 Å². The Bertz CT molecular complexity index is 468. The lowest BCUT2D eigenvalue weighted by molar-refractivity contribution is 0.0933. The molecule has 0 aromatic heterocycles. The fourth-order valence-electron chi connectivity index (χ4n) is 1.74. The summed E-state index contributed by atoms with van der Waals surface area (Å²) in [6, 6.07) is 1.39. The molecule has 1 aromatic rings. The van der Waals surface area contributed by atoms with Gasteiger partial charge in [0.15, 0.2) is 17.5 Å². The minimum absolute atomic E-state index is 0.124. The van der Waals surface area contributed by atoms with E-state index in [9.17, 15) is 18.0 Å². The number of carbonyl (C=O) groups excluding carboxylic acids is 1. The van der Waals surface area contributed by atoms with E-state index in [1.54, 1.807) is 0 Å². The van der Waals surface area contributed by atoms with Crippen molar-refractivity contribution in [1.82, 2.24) is 5.32 Å². The minimum atomic E-state index is -1.57. The molecule has 0 unspecified atom stereocenters. The van der Waals surface area contributed by atoms with Crippen LogP contribution in [-0.4, -0.2) is 17.8 Å². The molecule has 0 aliphatic carbocycles. The first kappa shape index (κ1) is 17.0. The number of amides is 1. The molecule has 0 aliphatic rings. The average molecular weight is 352 g/mol. The van der Waals surface area contributed by atoms with Gasteiger partial charge in [0, 0.05) is 17.4 Å². The Balaban J connectivity index is 2.68. The Morgan fingerprint density at radius 3 is 2.30 bits per heavy atom. The van der Waals surface area contributed by atoms with Gasteiger partial charge in [-0.05, 0) is 30.4 Å². The molecule has 6 heteroatoms. The second kappa shape index (κ2) is 7.11. The van der Waals surface area contributed by atoms with Crippen molar-refractivity contribution in [2.45, 2.75) is 26.7 Å². The molecule has 112 valence electrons. The topological polar surface area (TPSA) is 29.1 Å². The summed E-state index contributed by atoms with van der Waals surface area (Å²) >= 11 is 3.34. The van der Waals surface area contributed by atoms with Crippen LogP contribution in [0.2, 0.25) is 0 Å². The Labute approximate surface area is 124 Å². The van der Waals surface area contributed by atoms with Gasteiger partial charge in [-0.3, -0.25) is 4.79 Å². The fourth-order valence-corrected chi connectivity index (χ4v) is 2.02. The van der Waals surface area contributed by atoms with Crippen LogP contribution in [0.4, 0.5) is 13.2 Å². The van der Waals surface area contributed by atoms with E-state index in [0.29, 0.717) is 18.7 Å². The van der Waals surface area contributed by atoms with Crippen LogP contribution in [0.15, 0.2) is 12.1 Å². The Hall–Kier alpha value is -1.04. The number of rotatable bonds is 6. The van der Waals surface area contributed by atoms with Crippen LogP contribution < -0.4 is 5.32 Å². The molecule has 1 aromatic carbocycles. The lowest BCUT2D eigenvalue weighted by Gasteiger charge is -2.24. The summed E-state index contributed by atoms with van der Waals surface area (Å²) in [6.45, 7) is 4.35. The van der Waals surface area contributed by atoms with E-state index in [1.807, 2.05) is 13.8 Å². The van der Waals surface area contributed by atoms with Crippen molar-refractivity contribution in [1.29, 1.82) is 0 Å². The normalized spacial score (nSPS) is 11.5. The molecule has 2 nitrogen and oxygen atoms in total. The molecule has 0 saturated heterocycles. The van der Waals surface area contributed by atoms with Gasteiger partial charge in [-0.25, -0.2) is 13.2 Å². The zero-order valence-electron chi connectivity index (χ0n) is 11.4. The largest absolute Gasteiger partial charge is 0.351 e. The zero-order valence-corrected chi connectivity index (χ0v) is 13.0. The highest BCUT2D eigenvalue weighted by Gasteiger charge is 2.20. The van der Waals surface area contributed by atoms with Crippen molar-refractivity contribution in [3.63, 3.8) is 0 Å². The molecule has 0 atom stereocenters. The molecular formula is C14H17BrF3NO. The molecule has 1 amide bonds. The van der Waals surface area contributed by atoms with Crippen LogP contribution >= 0.6 is 15.9 Å². The number of hydrogen-bond donors (Lipinski definition) is 1. The SMILES string of the molecule is CC(C)(CCCBr)CNC(=O)c1cc(F)c(F)c(F)c1. The minimum Gasteiger partial charge on any atom is -0.351 e. The maximum absolute atomic E-state index is 13.0. The van der Waals surface area contributed by atoms with Crippen molar-refractivity contribution < 1.29 is 18.0 Å². The molecule has 0 saturated carbocycles. The highest BCUT2D eigenvalue weighted by atomic mass is 79.9. The number of alkyl halides is 1. The fraction of sp³-hybridized carbons (Fsp3) is 0.500. The van der Waals surface area contributed by atoms with Gasteiger partial charge in [-0.15, -0.1) is 0 Å². The first-order valence-corrected chi connectivity index (χ1v) is 7.38. The summed E-state index contributed by atoms with van der Waals surface area (Å²) in [5, 5.41) is 3.49. The van der Waals surface area contributed by atoms with E-state index in [1.165, 1.54) is 0 Å². The van der Waals surface area contributed by atoms with Gasteiger partial charge in [-0.1, -0.05) is 29.8 Å². The summed E-state index contributed by atoms with van der Waals surface area (Å²) in [4.78, 5) is 11.8. The predicted octanol–water partition coefficient (Wildman–Crippen LogP) is 4.04. The zero-order chi connectivity index (χ0) is 15.3. The van der Waals surface area contributed by atoms with Crippen molar-refractivity contribution >= 4 is 21.8 Å². The van der Waals surface area contributed by atoms with E-state index in [4.69, 9.17) is 0 Å². The Kier molecular flexibility index (Phi) is 6.05. The molecule has 0 radical (unpaired) electrons. The lowest BCUT2D eigenvalue weighted by atomic mass is 9.88. The molecule has 0 spiro atoms. The Morgan fingerprint density at radius 2 is 1.80 bits per heavy atom. The predicted molar refractivity (Wildman–Crippen MR) is 75.5 cm³/mol. The molecule has 0 heterocycles. The molecular weight excluding hydrogens is 335 g/mol. The van der Waals surface area contributed by atoms with Gasteiger partial charge in [0.1, 0.15) is 0 Å². The number of nitrogens with one attached hydrogen (secondary N) is 1. The van der Waals surface area contributed by atoms with Crippen molar-refractivity contribution in [3.8, 4) is 0 Å². The quantitative estimate of drug-likeness (QED) is 0.608. The van der Waals surface area contributed by atoms with Gasteiger partial charge in [-0.2, -0.15) is 0 Å². The third-order valence-electron chi connectivity index (χ3n) is 2.96. The highest BCUT2D eigenvalue weighted by Crippen LogP contribution is 2.22. The van der Waals surface area contributed by atoms with Crippen molar-refractivity contribution in [2.24, 2.45) is 5.41 Å². The smallest absolute Gasteiger partial charge is 0.251 e. The van der Waals surface area contributed by atoms with Gasteiger partial charge < -0.3 is 5.32 Å². The maximum atomic E-state index is 13.0. The molecule has 0 aliphatic heterocycles. The van der Waals surface area contributed by atoms with Gasteiger partial charge in [0.2, 0.25) is 0 Å². The first-order valence-electron chi connectivity index (χ1n) is 6.25. The summed E-state index contributed by atoms with van der Waals surface area (Å²) in [6.07, 6.45) is 1.85. The van der Waals surface area contributed by atoms with Crippen LogP contribution in [0.5, 0.6) is 0 Å². The molecule has 0 bridgehead atoms. The molecule has 1 rings (SSSR count). The summed E-state index contributed by atoms with van der Waals surface area (Å²) in [7, 11) is 0. The Morgan fingerprint density at radius 1 is 1.25 bits per heavy atom. The lowest BCUT2D eigenvalue weighted by Crippen LogP contribution is -2.34. The maximum Gasteiger partial charge on any atom is 0.251 e. The van der Waals surface area contributed by atoms with Crippen molar-refractivity contribution in [3.05, 3.63) is 35.1 Å². The summed E-state index contributed by atoms with van der Waals surface area (Å²) < 4.78 is 38.9. The molecule has 1 N–H and O–H groups in total. The monoisotopic (exact) mass is 351 g/mol. The standard InChI is InChI=1S/C14H17BrF3NO/c1-14(2,4-3-5-15)8-19-13(20)9-6-10(16)12(18)11(17)7-9/h6-7H,3-5,8H2,1-2H3,(H,19,20). The second-order valence-corrected chi connectivity index (χ2v) is 6.19. The number of carbonyl (C=O) groups is 1. The number of hydrogen-bond acceptors (Lipinski definition) is 1. The van der Waals surface area contributed by atoms with Gasteiger partial charge >= 0.3 is 0 Å². The van der Waals surface area contributed by atoms with Crippen LogP contribution in [0.1, 0.15) is 37.0 Å². The average Bonchev–Trinajstić information content (AvgIpc) is 2.39. The van der Waals surface area contributed by atoms with E-state index >= 15 is 0 Å². The van der Waals surface area contributed by atoms with E-state index in [0.717, 1.165) is 18.2 Å².